The highest BCUT2D eigenvalue weighted by molar-refractivity contribution is 5.76. The zero-order valence-corrected chi connectivity index (χ0v) is 28.2. The minimum atomic E-state index is -0.769. The second kappa shape index (κ2) is 18.8. The summed E-state index contributed by atoms with van der Waals surface area (Å²) in [6, 6.07) is 24.6. The maximum Gasteiger partial charge on any atom is 0.303 e. The molecule has 0 radical (unpaired) electrons. The number of unbranched alkanes of at least 4 members (excludes halogenated alkanes) is 3. The minimum Gasteiger partial charge on any atom is -0.481 e. The van der Waals surface area contributed by atoms with Gasteiger partial charge in [-0.2, -0.15) is 0 Å². The van der Waals surface area contributed by atoms with Gasteiger partial charge < -0.3 is 29.9 Å². The van der Waals surface area contributed by atoms with E-state index >= 15 is 0 Å². The molecular formula is C40H52N2O6. The number of likely N-dealkylation sites (tertiary alicyclic amines) is 1. The van der Waals surface area contributed by atoms with Crippen molar-refractivity contribution < 1.29 is 29.3 Å². The molecule has 48 heavy (non-hydrogen) atoms. The molecule has 0 spiro atoms. The van der Waals surface area contributed by atoms with Crippen LogP contribution in [0.3, 0.4) is 0 Å². The van der Waals surface area contributed by atoms with Crippen molar-refractivity contribution in [1.29, 1.82) is 0 Å². The van der Waals surface area contributed by atoms with E-state index in [-0.39, 0.29) is 31.1 Å². The molecule has 1 amide bonds. The summed E-state index contributed by atoms with van der Waals surface area (Å²) in [6.45, 7) is 3.59. The molecule has 8 nitrogen and oxygen atoms in total. The third kappa shape index (κ3) is 11.0. The third-order valence-electron chi connectivity index (χ3n) is 9.56. The minimum absolute atomic E-state index is 0.0100. The van der Waals surface area contributed by atoms with Crippen LogP contribution in [-0.4, -0.2) is 52.7 Å². The maximum absolute atomic E-state index is 12.5. The van der Waals surface area contributed by atoms with Gasteiger partial charge in [0.15, 0.2) is 6.29 Å². The van der Waals surface area contributed by atoms with Gasteiger partial charge in [0.05, 0.1) is 18.8 Å². The van der Waals surface area contributed by atoms with Crippen LogP contribution in [0.2, 0.25) is 0 Å². The van der Waals surface area contributed by atoms with Gasteiger partial charge in [0.2, 0.25) is 5.91 Å². The molecule has 3 unspecified atom stereocenters. The zero-order chi connectivity index (χ0) is 33.6. The highest BCUT2D eigenvalue weighted by Gasteiger charge is 2.33. The molecule has 2 aliphatic rings. The van der Waals surface area contributed by atoms with Crippen molar-refractivity contribution in [3.8, 4) is 11.1 Å². The number of hydrogen-bond acceptors (Lipinski definition) is 6. The molecule has 0 aromatic heterocycles. The maximum atomic E-state index is 12.5. The van der Waals surface area contributed by atoms with E-state index in [2.05, 4.69) is 52.7 Å². The zero-order valence-electron chi connectivity index (χ0n) is 28.2. The summed E-state index contributed by atoms with van der Waals surface area (Å²) in [7, 11) is 0. The van der Waals surface area contributed by atoms with Crippen molar-refractivity contribution in [2.75, 3.05) is 19.6 Å². The second-order valence-corrected chi connectivity index (χ2v) is 13.3. The standard InChI is InChI=1S/C40H52N2O6/c43-29-30-16-18-32(19-17-30)37-26-35(28-42-24-10-4-1-5-11-25-42)47-40(48-37)33-22-20-31(21-23-33)36-13-9-8-12-34(36)27-41-38(44)14-6-2-3-7-15-39(45)46/h8-9,12-13,16-23,35,37,40,43H,1-7,10-11,14-15,24-29H2,(H,41,44)(H,45,46). The van der Waals surface area contributed by atoms with E-state index in [4.69, 9.17) is 14.6 Å². The molecule has 0 bridgehead atoms. The lowest BCUT2D eigenvalue weighted by molar-refractivity contribution is -0.253. The van der Waals surface area contributed by atoms with Gasteiger partial charge >= 0.3 is 5.97 Å². The monoisotopic (exact) mass is 656 g/mol. The molecule has 2 saturated heterocycles. The number of ether oxygens (including phenoxy) is 2. The van der Waals surface area contributed by atoms with Crippen LogP contribution in [0.1, 0.15) is 112 Å². The topological polar surface area (TPSA) is 108 Å². The van der Waals surface area contributed by atoms with E-state index in [9.17, 15) is 14.7 Å². The SMILES string of the molecule is O=C(O)CCCCCCC(=O)NCc1ccccc1-c1ccc(C2OC(CN3CCCCCCC3)CC(c3ccc(CO)cc3)O2)cc1. The third-order valence-corrected chi connectivity index (χ3v) is 9.56. The average molecular weight is 657 g/mol. The van der Waals surface area contributed by atoms with E-state index in [1.54, 1.807) is 0 Å². The van der Waals surface area contributed by atoms with Crippen molar-refractivity contribution in [1.82, 2.24) is 10.2 Å². The van der Waals surface area contributed by atoms with Crippen molar-refractivity contribution in [3.05, 3.63) is 95.1 Å². The Morgan fingerprint density at radius 3 is 2.15 bits per heavy atom. The highest BCUT2D eigenvalue weighted by atomic mass is 16.7. The molecule has 2 fully saturated rings. The first-order valence-electron chi connectivity index (χ1n) is 17.9. The Balaban J connectivity index is 1.23. The predicted molar refractivity (Wildman–Crippen MR) is 187 cm³/mol. The molecule has 2 aliphatic heterocycles. The number of aliphatic carboxylic acids is 1. The molecule has 3 atom stereocenters. The summed E-state index contributed by atoms with van der Waals surface area (Å²) in [6.07, 6.45) is 10.4. The number of aliphatic hydroxyl groups excluding tert-OH is 1. The van der Waals surface area contributed by atoms with Crippen LogP contribution >= 0.6 is 0 Å². The molecule has 8 heteroatoms. The number of hydrogen-bond donors (Lipinski definition) is 3. The lowest BCUT2D eigenvalue weighted by atomic mass is 9.97. The van der Waals surface area contributed by atoms with Gasteiger partial charge in [-0.05, 0) is 66.6 Å². The van der Waals surface area contributed by atoms with E-state index < -0.39 is 12.3 Å². The number of nitrogens with one attached hydrogen (secondary N) is 1. The van der Waals surface area contributed by atoms with Crippen LogP contribution < -0.4 is 5.32 Å². The molecule has 0 saturated carbocycles. The van der Waals surface area contributed by atoms with E-state index in [1.165, 1.54) is 32.1 Å². The summed E-state index contributed by atoms with van der Waals surface area (Å²) >= 11 is 0. The van der Waals surface area contributed by atoms with Crippen molar-refractivity contribution in [2.24, 2.45) is 0 Å². The second-order valence-electron chi connectivity index (χ2n) is 13.3. The Morgan fingerprint density at radius 2 is 1.44 bits per heavy atom. The molecule has 5 rings (SSSR count). The van der Waals surface area contributed by atoms with Gasteiger partial charge in [0.25, 0.3) is 0 Å². The first kappa shape index (κ1) is 35.7. The van der Waals surface area contributed by atoms with E-state index in [0.29, 0.717) is 19.4 Å². The number of amides is 1. The summed E-state index contributed by atoms with van der Waals surface area (Å²) < 4.78 is 13.3. The van der Waals surface area contributed by atoms with Crippen LogP contribution in [0, 0.1) is 0 Å². The van der Waals surface area contributed by atoms with Crippen molar-refractivity contribution >= 4 is 11.9 Å². The predicted octanol–water partition coefficient (Wildman–Crippen LogP) is 7.70. The molecule has 3 aromatic carbocycles. The van der Waals surface area contributed by atoms with Gasteiger partial charge in [-0.3, -0.25) is 9.59 Å². The number of carboxylic acid groups (broad SMARTS) is 1. The Morgan fingerprint density at radius 1 is 0.771 bits per heavy atom. The molecule has 258 valence electrons. The van der Waals surface area contributed by atoms with Crippen LogP contribution in [0.15, 0.2) is 72.8 Å². The van der Waals surface area contributed by atoms with Crippen LogP contribution in [0.25, 0.3) is 11.1 Å². The lowest BCUT2D eigenvalue weighted by Crippen LogP contribution is -2.40. The van der Waals surface area contributed by atoms with Crippen molar-refractivity contribution in [2.45, 2.75) is 109 Å². The van der Waals surface area contributed by atoms with Gasteiger partial charge in [-0.15, -0.1) is 0 Å². The molecule has 2 heterocycles. The fourth-order valence-electron chi connectivity index (χ4n) is 6.79. The highest BCUT2D eigenvalue weighted by Crippen LogP contribution is 2.39. The Kier molecular flexibility index (Phi) is 14.0. The number of carbonyl (C=O) groups is 2. The van der Waals surface area contributed by atoms with Crippen LogP contribution in [0.5, 0.6) is 0 Å². The molecular weight excluding hydrogens is 604 g/mol. The summed E-state index contributed by atoms with van der Waals surface area (Å²) in [5, 5.41) is 21.4. The van der Waals surface area contributed by atoms with Gasteiger partial charge in [-0.1, -0.05) is 105 Å². The Hall–Kier alpha value is -3.56. The number of nitrogens with zero attached hydrogens (tertiary/aromatic N) is 1. The number of aliphatic hydroxyl groups is 1. The van der Waals surface area contributed by atoms with E-state index in [1.807, 2.05) is 30.3 Å². The molecule has 0 aliphatic carbocycles. The molecule has 3 aromatic rings. The van der Waals surface area contributed by atoms with E-state index in [0.717, 1.165) is 78.7 Å². The fourth-order valence-corrected chi connectivity index (χ4v) is 6.79. The summed E-state index contributed by atoms with van der Waals surface area (Å²) in [5.41, 5.74) is 6.14. The van der Waals surface area contributed by atoms with Crippen LogP contribution in [-0.2, 0) is 32.2 Å². The average Bonchev–Trinajstić information content (AvgIpc) is 3.10. The largest absolute Gasteiger partial charge is 0.481 e. The Bertz CT molecular complexity index is 1420. The quantitative estimate of drug-likeness (QED) is 0.144. The lowest BCUT2D eigenvalue weighted by Gasteiger charge is -2.39. The normalized spacial score (nSPS) is 20.5. The van der Waals surface area contributed by atoms with Crippen molar-refractivity contribution in [3.63, 3.8) is 0 Å². The molecule has 3 N–H and O–H groups in total. The van der Waals surface area contributed by atoms with Crippen LogP contribution in [0.4, 0.5) is 0 Å². The van der Waals surface area contributed by atoms with Gasteiger partial charge in [-0.25, -0.2) is 0 Å². The Labute approximate surface area is 285 Å². The number of carbonyl (C=O) groups excluding carboxylic acids is 1. The van der Waals surface area contributed by atoms with Gasteiger partial charge in [0.1, 0.15) is 0 Å². The number of carboxylic acids is 1. The number of benzene rings is 3. The summed E-state index contributed by atoms with van der Waals surface area (Å²) in [5.74, 6) is -0.759. The van der Waals surface area contributed by atoms with Gasteiger partial charge in [0, 0.05) is 37.9 Å². The smallest absolute Gasteiger partial charge is 0.303 e. The fraction of sp³-hybridized carbons (Fsp3) is 0.500. The first-order valence-corrected chi connectivity index (χ1v) is 17.9. The first-order chi connectivity index (χ1) is 23.5. The number of rotatable bonds is 15. The summed E-state index contributed by atoms with van der Waals surface area (Å²) in [4.78, 5) is 25.8.